The Balaban J connectivity index is 1.23. The van der Waals surface area contributed by atoms with Crippen LogP contribution >= 0.6 is 23.2 Å². The van der Waals surface area contributed by atoms with E-state index < -0.39 is 28.5 Å². The molecular weight excluding hydrogens is 629 g/mol. The SMILES string of the molecule is C[C@H](C(=O)NC1CCCCC1)N(Cc1ccc(Cl)cc1Cl)C(=O)CN(c1ccc(C23CC4CC(CC(C4)C2)C3)cc1)S(C)(=O)=O. The summed E-state index contributed by atoms with van der Waals surface area (Å²) in [6.45, 7) is 1.30. The summed E-state index contributed by atoms with van der Waals surface area (Å²) >= 11 is 12.6. The highest BCUT2D eigenvalue weighted by molar-refractivity contribution is 7.92. The molecule has 1 N–H and O–H groups in total. The standard InChI is InChI=1S/C35H45Cl2N3O4S/c1-23(34(42)38-30-6-4-3-5-7-30)39(21-27-8-11-29(36)17-32(27)37)33(41)22-40(45(2,43)44)31-12-9-28(10-13-31)35-18-24-14-25(19-35)16-26(15-24)20-35/h8-13,17,23-26,30H,3-7,14-16,18-22H2,1-2H3,(H,38,42)/t23-,24?,25?,26?,35?/m1/s1. The number of nitrogens with zero attached hydrogens (tertiary/aromatic N) is 2. The Kier molecular flexibility index (Phi) is 9.48. The van der Waals surface area contributed by atoms with E-state index >= 15 is 0 Å². The molecule has 2 amide bonds. The van der Waals surface area contributed by atoms with Gasteiger partial charge in [0.1, 0.15) is 12.6 Å². The van der Waals surface area contributed by atoms with Gasteiger partial charge in [-0.15, -0.1) is 0 Å². The van der Waals surface area contributed by atoms with Crippen LogP contribution < -0.4 is 9.62 Å². The second-order valence-corrected chi connectivity index (χ2v) is 17.0. The summed E-state index contributed by atoms with van der Waals surface area (Å²) < 4.78 is 27.5. The van der Waals surface area contributed by atoms with Gasteiger partial charge < -0.3 is 10.2 Å². The van der Waals surface area contributed by atoms with Gasteiger partial charge in [-0.25, -0.2) is 8.42 Å². The quantitative estimate of drug-likeness (QED) is 0.292. The maximum Gasteiger partial charge on any atom is 0.244 e. The predicted molar refractivity (Wildman–Crippen MR) is 180 cm³/mol. The molecule has 5 aliphatic carbocycles. The molecule has 0 aliphatic heterocycles. The Labute approximate surface area is 278 Å². The molecule has 0 unspecified atom stereocenters. The lowest BCUT2D eigenvalue weighted by molar-refractivity contribution is -0.139. The van der Waals surface area contributed by atoms with Gasteiger partial charge in [0.2, 0.25) is 21.8 Å². The van der Waals surface area contributed by atoms with Gasteiger partial charge in [0.25, 0.3) is 0 Å². The number of halogens is 2. The van der Waals surface area contributed by atoms with Crippen molar-refractivity contribution in [2.75, 3.05) is 17.1 Å². The molecule has 244 valence electrons. The van der Waals surface area contributed by atoms with E-state index in [1.807, 2.05) is 12.1 Å². The summed E-state index contributed by atoms with van der Waals surface area (Å²) in [5.41, 5.74) is 2.55. The van der Waals surface area contributed by atoms with E-state index in [0.717, 1.165) is 60.4 Å². The van der Waals surface area contributed by atoms with E-state index in [9.17, 15) is 18.0 Å². The normalized spacial score (nSPS) is 26.8. The van der Waals surface area contributed by atoms with Gasteiger partial charge in [0.15, 0.2) is 0 Å². The smallest absolute Gasteiger partial charge is 0.244 e. The number of benzene rings is 2. The summed E-state index contributed by atoms with van der Waals surface area (Å²) in [4.78, 5) is 28.9. The van der Waals surface area contributed by atoms with Crippen LogP contribution in [0.5, 0.6) is 0 Å². The highest BCUT2D eigenvalue weighted by atomic mass is 35.5. The average molecular weight is 675 g/mol. The number of nitrogens with one attached hydrogen (secondary N) is 1. The monoisotopic (exact) mass is 673 g/mol. The van der Waals surface area contributed by atoms with Crippen LogP contribution in [0.3, 0.4) is 0 Å². The molecule has 10 heteroatoms. The van der Waals surface area contributed by atoms with Gasteiger partial charge in [-0.3, -0.25) is 13.9 Å². The molecule has 7 nitrogen and oxygen atoms in total. The third-order valence-corrected chi connectivity index (χ3v) is 12.7. The van der Waals surface area contributed by atoms with Crippen molar-refractivity contribution in [3.8, 4) is 0 Å². The molecule has 45 heavy (non-hydrogen) atoms. The predicted octanol–water partition coefficient (Wildman–Crippen LogP) is 7.09. The van der Waals surface area contributed by atoms with Gasteiger partial charge in [-0.2, -0.15) is 0 Å². The molecule has 0 saturated heterocycles. The van der Waals surface area contributed by atoms with Crippen molar-refractivity contribution in [1.29, 1.82) is 0 Å². The van der Waals surface area contributed by atoms with Crippen LogP contribution in [-0.4, -0.2) is 50.0 Å². The maximum absolute atomic E-state index is 14.1. The number of carbonyl (C=O) groups excluding carboxylic acids is 2. The van der Waals surface area contributed by atoms with Crippen LogP contribution in [-0.2, 0) is 31.6 Å². The van der Waals surface area contributed by atoms with Crippen molar-refractivity contribution in [2.24, 2.45) is 17.8 Å². The molecule has 5 saturated carbocycles. The third kappa shape index (κ3) is 7.18. The zero-order chi connectivity index (χ0) is 31.9. The Morgan fingerprint density at radius 3 is 2.09 bits per heavy atom. The number of hydrogen-bond acceptors (Lipinski definition) is 4. The van der Waals surface area contributed by atoms with Crippen LogP contribution in [0, 0.1) is 17.8 Å². The highest BCUT2D eigenvalue weighted by Gasteiger charge is 2.51. The number of amides is 2. The summed E-state index contributed by atoms with van der Waals surface area (Å²) in [7, 11) is -3.82. The number of rotatable bonds is 10. The minimum absolute atomic E-state index is 0.0383. The van der Waals surface area contributed by atoms with E-state index in [0.29, 0.717) is 21.3 Å². The van der Waals surface area contributed by atoms with Crippen molar-refractivity contribution in [2.45, 2.75) is 102 Å². The molecule has 4 bridgehead atoms. The molecule has 5 fully saturated rings. The minimum Gasteiger partial charge on any atom is -0.352 e. The van der Waals surface area contributed by atoms with Crippen molar-refractivity contribution in [1.82, 2.24) is 10.2 Å². The number of carbonyl (C=O) groups is 2. The van der Waals surface area contributed by atoms with Crippen LogP contribution in [0.1, 0.15) is 88.7 Å². The van der Waals surface area contributed by atoms with Gasteiger partial charge >= 0.3 is 0 Å². The van der Waals surface area contributed by atoms with Crippen LogP contribution in [0.25, 0.3) is 0 Å². The van der Waals surface area contributed by atoms with Crippen LogP contribution in [0.2, 0.25) is 10.0 Å². The second-order valence-electron chi connectivity index (χ2n) is 14.3. The number of anilines is 1. The summed E-state index contributed by atoms with van der Waals surface area (Å²) in [5.74, 6) is 1.67. The first kappa shape index (κ1) is 32.6. The van der Waals surface area contributed by atoms with Gasteiger partial charge in [0.05, 0.1) is 11.9 Å². The molecular formula is C35H45Cl2N3O4S. The van der Waals surface area contributed by atoms with Crippen molar-refractivity contribution < 1.29 is 18.0 Å². The number of hydrogen-bond donors (Lipinski definition) is 1. The van der Waals surface area contributed by atoms with Gasteiger partial charge in [-0.1, -0.05) is 60.7 Å². The largest absolute Gasteiger partial charge is 0.352 e. The molecule has 0 heterocycles. The Hall–Kier alpha value is -2.29. The lowest BCUT2D eigenvalue weighted by Gasteiger charge is -2.57. The molecule has 2 aromatic rings. The molecule has 0 aromatic heterocycles. The van der Waals surface area contributed by atoms with E-state index in [4.69, 9.17) is 23.2 Å². The Morgan fingerprint density at radius 1 is 0.933 bits per heavy atom. The molecule has 2 aromatic carbocycles. The van der Waals surface area contributed by atoms with Crippen molar-refractivity contribution in [3.05, 3.63) is 63.6 Å². The lowest BCUT2D eigenvalue weighted by atomic mass is 9.48. The lowest BCUT2D eigenvalue weighted by Crippen LogP contribution is -2.53. The summed E-state index contributed by atoms with van der Waals surface area (Å²) in [6.07, 6.45) is 14.0. The van der Waals surface area contributed by atoms with Gasteiger partial charge in [-0.05, 0) is 117 Å². The fourth-order valence-electron chi connectivity index (χ4n) is 9.04. The Bertz CT molecular complexity index is 1490. The molecule has 5 aliphatic rings. The van der Waals surface area contributed by atoms with Gasteiger partial charge in [0, 0.05) is 22.6 Å². The maximum atomic E-state index is 14.1. The highest BCUT2D eigenvalue weighted by Crippen LogP contribution is 2.60. The molecule has 1 atom stereocenters. The first-order valence-electron chi connectivity index (χ1n) is 16.5. The summed E-state index contributed by atoms with van der Waals surface area (Å²) in [6, 6.07) is 12.1. The zero-order valence-electron chi connectivity index (χ0n) is 26.3. The van der Waals surface area contributed by atoms with E-state index in [-0.39, 0.29) is 23.9 Å². The van der Waals surface area contributed by atoms with E-state index in [1.165, 1.54) is 49.0 Å². The van der Waals surface area contributed by atoms with Crippen LogP contribution in [0.4, 0.5) is 5.69 Å². The van der Waals surface area contributed by atoms with Crippen molar-refractivity contribution in [3.63, 3.8) is 0 Å². The first-order chi connectivity index (χ1) is 21.4. The van der Waals surface area contributed by atoms with Crippen LogP contribution in [0.15, 0.2) is 42.5 Å². The molecule has 7 rings (SSSR count). The fourth-order valence-corrected chi connectivity index (χ4v) is 10.4. The topological polar surface area (TPSA) is 86.8 Å². The zero-order valence-corrected chi connectivity index (χ0v) is 28.6. The first-order valence-corrected chi connectivity index (χ1v) is 19.1. The fraction of sp³-hybridized carbons (Fsp3) is 0.600. The second kappa shape index (κ2) is 13.1. The minimum atomic E-state index is -3.82. The molecule has 0 radical (unpaired) electrons. The summed E-state index contributed by atoms with van der Waals surface area (Å²) in [5, 5.41) is 3.96. The van der Waals surface area contributed by atoms with Crippen molar-refractivity contribution >= 4 is 50.7 Å². The average Bonchev–Trinajstić information content (AvgIpc) is 2.98. The number of sulfonamides is 1. The van der Waals surface area contributed by atoms with E-state index in [1.54, 1.807) is 25.1 Å². The third-order valence-electron chi connectivity index (χ3n) is 11.0. The molecule has 0 spiro atoms. The Morgan fingerprint density at radius 2 is 1.53 bits per heavy atom. The van der Waals surface area contributed by atoms with E-state index in [2.05, 4.69) is 17.4 Å².